The molecule has 0 radical (unpaired) electrons. The Hall–Kier alpha value is -0.770. The standard InChI is InChI=1S/C9H11F2NO/c10-9(11,12)4-7-2-6-1-5(7)3-8(6)13/h3,6-7H,1-2,4,12H2. The number of rotatable bonds is 2. The number of fused-ring (bicyclic) bond motifs is 2. The van der Waals surface area contributed by atoms with Gasteiger partial charge >= 0.3 is 6.05 Å². The van der Waals surface area contributed by atoms with Crippen LogP contribution >= 0.6 is 0 Å². The van der Waals surface area contributed by atoms with Gasteiger partial charge in [-0.05, 0) is 24.8 Å². The van der Waals surface area contributed by atoms with Crippen LogP contribution in [0.4, 0.5) is 8.78 Å². The Bertz CT molecular complexity index is 280. The van der Waals surface area contributed by atoms with Gasteiger partial charge in [-0.25, -0.2) is 0 Å². The molecular formula is C9H11F2NO. The number of allylic oxidation sites excluding steroid dienone is 2. The third-order valence-corrected chi connectivity index (χ3v) is 2.82. The molecule has 0 aromatic rings. The van der Waals surface area contributed by atoms with Crippen molar-refractivity contribution in [1.29, 1.82) is 0 Å². The summed E-state index contributed by atoms with van der Waals surface area (Å²) in [6.07, 6.45) is 2.45. The highest BCUT2D eigenvalue weighted by Crippen LogP contribution is 2.45. The fourth-order valence-electron chi connectivity index (χ4n) is 2.27. The lowest BCUT2D eigenvalue weighted by atomic mass is 9.92. The molecule has 2 aliphatic carbocycles. The van der Waals surface area contributed by atoms with E-state index in [1.54, 1.807) is 0 Å². The second-order valence-electron chi connectivity index (χ2n) is 3.92. The van der Waals surface area contributed by atoms with Gasteiger partial charge in [-0.15, -0.1) is 0 Å². The van der Waals surface area contributed by atoms with Gasteiger partial charge in [-0.2, -0.15) is 8.78 Å². The minimum absolute atomic E-state index is 0.0256. The van der Waals surface area contributed by atoms with Crippen molar-refractivity contribution < 1.29 is 13.6 Å². The van der Waals surface area contributed by atoms with E-state index in [0.717, 1.165) is 5.57 Å². The topological polar surface area (TPSA) is 43.1 Å². The summed E-state index contributed by atoms with van der Waals surface area (Å²) >= 11 is 0. The predicted octanol–water partition coefficient (Wildman–Crippen LogP) is 1.46. The molecule has 0 spiro atoms. The summed E-state index contributed by atoms with van der Waals surface area (Å²) in [5, 5.41) is 0. The number of halogens is 2. The molecule has 0 heterocycles. The lowest BCUT2D eigenvalue weighted by molar-refractivity contribution is -0.118. The molecular weight excluding hydrogens is 176 g/mol. The molecule has 0 aliphatic heterocycles. The second-order valence-corrected chi connectivity index (χ2v) is 3.92. The average molecular weight is 187 g/mol. The van der Waals surface area contributed by atoms with Crippen molar-refractivity contribution in [2.24, 2.45) is 17.6 Å². The Morgan fingerprint density at radius 2 is 2.31 bits per heavy atom. The summed E-state index contributed by atoms with van der Waals surface area (Å²) in [5.41, 5.74) is 5.51. The van der Waals surface area contributed by atoms with Crippen LogP contribution in [0.2, 0.25) is 0 Å². The van der Waals surface area contributed by atoms with Crippen molar-refractivity contribution >= 4 is 5.78 Å². The van der Waals surface area contributed by atoms with E-state index in [1.165, 1.54) is 6.08 Å². The molecule has 2 aliphatic rings. The molecule has 2 rings (SSSR count). The summed E-state index contributed by atoms with van der Waals surface area (Å²) in [5.74, 6) is -0.0864. The van der Waals surface area contributed by atoms with Crippen LogP contribution < -0.4 is 5.73 Å². The number of nitrogens with two attached hydrogens (primary N) is 1. The first-order valence-corrected chi connectivity index (χ1v) is 4.37. The third kappa shape index (κ3) is 1.63. The molecule has 1 saturated carbocycles. The van der Waals surface area contributed by atoms with E-state index in [0.29, 0.717) is 12.8 Å². The number of alkyl halides is 2. The number of carbonyl (C=O) groups excluding carboxylic acids is 1. The van der Waals surface area contributed by atoms with Crippen LogP contribution in [0.5, 0.6) is 0 Å². The Kier molecular flexibility index (Phi) is 1.77. The van der Waals surface area contributed by atoms with Crippen molar-refractivity contribution in [2.45, 2.75) is 25.3 Å². The number of hydrogen-bond donors (Lipinski definition) is 1. The summed E-state index contributed by atoms with van der Waals surface area (Å²) in [6.45, 7) is 0. The fourth-order valence-corrected chi connectivity index (χ4v) is 2.27. The monoisotopic (exact) mass is 187 g/mol. The molecule has 2 bridgehead atoms. The molecule has 2 atom stereocenters. The normalized spacial score (nSPS) is 32.5. The van der Waals surface area contributed by atoms with Crippen molar-refractivity contribution in [2.75, 3.05) is 0 Å². The zero-order chi connectivity index (χ0) is 9.64. The first-order valence-electron chi connectivity index (χ1n) is 4.37. The van der Waals surface area contributed by atoms with E-state index in [9.17, 15) is 13.6 Å². The smallest absolute Gasteiger partial charge is 0.295 e. The fraction of sp³-hybridized carbons (Fsp3) is 0.667. The zero-order valence-electron chi connectivity index (χ0n) is 7.09. The van der Waals surface area contributed by atoms with Crippen molar-refractivity contribution in [3.8, 4) is 0 Å². The maximum absolute atomic E-state index is 12.5. The van der Waals surface area contributed by atoms with Crippen LogP contribution in [0.3, 0.4) is 0 Å². The van der Waals surface area contributed by atoms with Crippen molar-refractivity contribution in [1.82, 2.24) is 0 Å². The van der Waals surface area contributed by atoms with Crippen molar-refractivity contribution in [3.05, 3.63) is 11.6 Å². The van der Waals surface area contributed by atoms with Gasteiger partial charge in [0.2, 0.25) is 0 Å². The molecule has 2 unspecified atom stereocenters. The molecule has 2 nitrogen and oxygen atoms in total. The second kappa shape index (κ2) is 2.61. The van der Waals surface area contributed by atoms with Crippen LogP contribution in [-0.2, 0) is 4.79 Å². The van der Waals surface area contributed by atoms with Gasteiger partial charge in [0.25, 0.3) is 0 Å². The highest BCUT2D eigenvalue weighted by atomic mass is 19.3. The first-order chi connectivity index (χ1) is 5.96. The maximum Gasteiger partial charge on any atom is 0.300 e. The molecule has 0 amide bonds. The van der Waals surface area contributed by atoms with Crippen LogP contribution in [-0.4, -0.2) is 11.8 Å². The zero-order valence-corrected chi connectivity index (χ0v) is 7.09. The lowest BCUT2D eigenvalue weighted by Gasteiger charge is -2.18. The molecule has 13 heavy (non-hydrogen) atoms. The van der Waals surface area contributed by atoms with E-state index in [2.05, 4.69) is 5.73 Å². The first kappa shape index (κ1) is 8.81. The molecule has 0 aromatic heterocycles. The Balaban J connectivity index is 2.06. The van der Waals surface area contributed by atoms with Crippen LogP contribution in [0.15, 0.2) is 11.6 Å². The Morgan fingerprint density at radius 1 is 1.62 bits per heavy atom. The summed E-state index contributed by atoms with van der Waals surface area (Å²) in [4.78, 5) is 11.1. The molecule has 2 N–H and O–H groups in total. The predicted molar refractivity (Wildman–Crippen MR) is 43.1 cm³/mol. The minimum Gasteiger partial charge on any atom is -0.295 e. The highest BCUT2D eigenvalue weighted by molar-refractivity contribution is 5.96. The van der Waals surface area contributed by atoms with Gasteiger partial charge in [0.05, 0.1) is 0 Å². The SMILES string of the molecule is NC(F)(F)CC1CC2CC1=CC2=O. The van der Waals surface area contributed by atoms with E-state index < -0.39 is 6.05 Å². The Morgan fingerprint density at radius 3 is 2.69 bits per heavy atom. The van der Waals surface area contributed by atoms with Gasteiger partial charge in [-0.3, -0.25) is 10.5 Å². The minimum atomic E-state index is -3.10. The molecule has 0 saturated heterocycles. The van der Waals surface area contributed by atoms with E-state index in [-0.39, 0.29) is 24.0 Å². The summed E-state index contributed by atoms with van der Waals surface area (Å²) in [6, 6.07) is -3.10. The van der Waals surface area contributed by atoms with Gasteiger partial charge in [-0.1, -0.05) is 5.57 Å². The van der Waals surface area contributed by atoms with Gasteiger partial charge in [0, 0.05) is 12.3 Å². The van der Waals surface area contributed by atoms with E-state index in [1.807, 2.05) is 0 Å². The largest absolute Gasteiger partial charge is 0.300 e. The number of ketones is 1. The van der Waals surface area contributed by atoms with Crippen LogP contribution in [0.1, 0.15) is 19.3 Å². The lowest BCUT2D eigenvalue weighted by Crippen LogP contribution is -2.31. The van der Waals surface area contributed by atoms with E-state index in [4.69, 9.17) is 0 Å². The van der Waals surface area contributed by atoms with E-state index >= 15 is 0 Å². The number of carbonyl (C=O) groups is 1. The molecule has 4 heteroatoms. The molecule has 1 fully saturated rings. The maximum atomic E-state index is 12.5. The molecule has 0 aromatic carbocycles. The summed E-state index contributed by atoms with van der Waals surface area (Å²) in [7, 11) is 0. The van der Waals surface area contributed by atoms with Crippen molar-refractivity contribution in [3.63, 3.8) is 0 Å². The highest BCUT2D eigenvalue weighted by Gasteiger charge is 2.42. The van der Waals surface area contributed by atoms with Gasteiger partial charge < -0.3 is 0 Å². The third-order valence-electron chi connectivity index (χ3n) is 2.82. The quantitative estimate of drug-likeness (QED) is 0.665. The van der Waals surface area contributed by atoms with Gasteiger partial charge in [0.15, 0.2) is 5.78 Å². The van der Waals surface area contributed by atoms with Gasteiger partial charge in [0.1, 0.15) is 0 Å². The number of hydrogen-bond acceptors (Lipinski definition) is 2. The Labute approximate surface area is 74.8 Å². The summed E-state index contributed by atoms with van der Waals surface area (Å²) < 4.78 is 24.9. The van der Waals surface area contributed by atoms with Crippen LogP contribution in [0.25, 0.3) is 0 Å². The average Bonchev–Trinajstić information content (AvgIpc) is 2.42. The van der Waals surface area contributed by atoms with Crippen LogP contribution in [0, 0.1) is 11.8 Å². The molecule has 72 valence electrons.